The van der Waals surface area contributed by atoms with Crippen molar-refractivity contribution >= 4 is 5.91 Å². The zero-order valence-corrected chi connectivity index (χ0v) is 8.11. The number of carbonyl (C=O) groups is 1. The van der Waals surface area contributed by atoms with E-state index < -0.39 is 0 Å². The minimum absolute atomic E-state index is 0.109. The molecule has 0 aromatic rings. The smallest absolute Gasteiger partial charge is 0.234 e. The van der Waals surface area contributed by atoms with Gasteiger partial charge in [0.05, 0.1) is 6.54 Å². The summed E-state index contributed by atoms with van der Waals surface area (Å²) >= 11 is 0. The van der Waals surface area contributed by atoms with Crippen LogP contribution in [0.25, 0.3) is 0 Å². The van der Waals surface area contributed by atoms with Crippen molar-refractivity contribution in [2.75, 3.05) is 13.6 Å². The normalized spacial score (nSPS) is 21.6. The molecule has 0 aromatic heterocycles. The van der Waals surface area contributed by atoms with Crippen molar-refractivity contribution in [1.29, 1.82) is 0 Å². The Hall–Kier alpha value is -0.570. The molecule has 12 heavy (non-hydrogen) atoms. The van der Waals surface area contributed by atoms with Gasteiger partial charge in [0.2, 0.25) is 5.91 Å². The molecule has 1 fully saturated rings. The van der Waals surface area contributed by atoms with Crippen molar-refractivity contribution in [2.24, 2.45) is 5.41 Å². The molecule has 1 rings (SSSR count). The molecule has 1 saturated carbocycles. The fraction of sp³-hybridized carbons (Fsp3) is 0.889. The number of nitrogens with one attached hydrogen (secondary N) is 2. The fourth-order valence-electron chi connectivity index (χ4n) is 1.82. The van der Waals surface area contributed by atoms with Crippen molar-refractivity contribution in [3.63, 3.8) is 0 Å². The van der Waals surface area contributed by atoms with Crippen molar-refractivity contribution in [1.82, 2.24) is 10.6 Å². The highest BCUT2D eigenvalue weighted by Gasteiger charge is 2.36. The number of rotatable bonds is 3. The van der Waals surface area contributed by atoms with E-state index in [1.54, 1.807) is 7.05 Å². The minimum Gasteiger partial charge on any atom is -0.352 e. The maximum atomic E-state index is 11.1. The lowest BCUT2D eigenvalue weighted by Gasteiger charge is -2.42. The van der Waals surface area contributed by atoms with E-state index in [4.69, 9.17) is 0 Å². The van der Waals surface area contributed by atoms with Gasteiger partial charge >= 0.3 is 0 Å². The summed E-state index contributed by atoms with van der Waals surface area (Å²) in [5.74, 6) is 0.109. The third kappa shape index (κ3) is 2.48. The van der Waals surface area contributed by atoms with Gasteiger partial charge in [-0.2, -0.15) is 0 Å². The number of carbonyl (C=O) groups excluding carboxylic acids is 1. The van der Waals surface area contributed by atoms with Crippen LogP contribution in [0.4, 0.5) is 0 Å². The molecule has 1 amide bonds. The Morgan fingerprint density at radius 1 is 1.50 bits per heavy atom. The van der Waals surface area contributed by atoms with Crippen LogP contribution in [0, 0.1) is 5.41 Å². The van der Waals surface area contributed by atoms with Crippen LogP contribution in [0.1, 0.15) is 26.7 Å². The van der Waals surface area contributed by atoms with Gasteiger partial charge < -0.3 is 10.6 Å². The second kappa shape index (κ2) is 3.44. The first-order valence-corrected chi connectivity index (χ1v) is 4.47. The van der Waals surface area contributed by atoms with Gasteiger partial charge in [-0.25, -0.2) is 0 Å². The highest BCUT2D eigenvalue weighted by atomic mass is 16.1. The molecule has 2 N–H and O–H groups in total. The van der Waals surface area contributed by atoms with Gasteiger partial charge in [0.25, 0.3) is 0 Å². The van der Waals surface area contributed by atoms with Gasteiger partial charge in [-0.15, -0.1) is 0 Å². The van der Waals surface area contributed by atoms with Crippen LogP contribution >= 0.6 is 0 Å². The lowest BCUT2D eigenvalue weighted by atomic mass is 9.68. The Kier molecular flexibility index (Phi) is 2.73. The highest BCUT2D eigenvalue weighted by Crippen LogP contribution is 2.39. The maximum absolute atomic E-state index is 11.1. The number of likely N-dealkylation sites (N-methyl/N-ethyl adjacent to an activating group) is 1. The molecule has 0 unspecified atom stereocenters. The van der Waals surface area contributed by atoms with Crippen LogP contribution in [0.15, 0.2) is 0 Å². The van der Waals surface area contributed by atoms with Crippen molar-refractivity contribution in [2.45, 2.75) is 32.7 Å². The first kappa shape index (κ1) is 9.52. The summed E-state index contributed by atoms with van der Waals surface area (Å²) in [7, 11) is 1.78. The average Bonchev–Trinajstić information content (AvgIpc) is 1.83. The van der Waals surface area contributed by atoms with Crippen LogP contribution in [0.5, 0.6) is 0 Å². The van der Waals surface area contributed by atoms with Crippen molar-refractivity contribution in [3.8, 4) is 0 Å². The first-order chi connectivity index (χ1) is 5.53. The van der Waals surface area contributed by atoms with Crippen molar-refractivity contribution < 1.29 is 4.79 Å². The molecule has 1 aliphatic rings. The van der Waals surface area contributed by atoms with Crippen LogP contribution in [0.3, 0.4) is 0 Å². The van der Waals surface area contributed by atoms with E-state index in [1.807, 2.05) is 0 Å². The molecule has 3 heteroatoms. The van der Waals surface area contributed by atoms with E-state index in [0.29, 0.717) is 18.0 Å². The molecule has 0 atom stereocenters. The summed E-state index contributed by atoms with van der Waals surface area (Å²) in [6.45, 7) is 4.89. The second-order valence-corrected chi connectivity index (χ2v) is 4.37. The largest absolute Gasteiger partial charge is 0.352 e. The van der Waals surface area contributed by atoms with E-state index in [9.17, 15) is 4.79 Å². The Labute approximate surface area is 73.9 Å². The summed E-state index contributed by atoms with van der Waals surface area (Å²) < 4.78 is 0. The van der Waals surface area contributed by atoms with Gasteiger partial charge in [-0.3, -0.25) is 4.79 Å². The molecule has 0 radical (unpaired) electrons. The summed E-state index contributed by atoms with van der Waals surface area (Å²) in [6, 6.07) is 0.417. The molecule has 0 heterocycles. The standard InChI is InChI=1S/C9H18N2O/c1-9(2)4-7(5-9)11-8(12)6-10-3/h7,10H,4-6H2,1-3H3,(H,11,12). The molecular formula is C9H18N2O. The quantitative estimate of drug-likeness (QED) is 0.648. The molecule has 3 nitrogen and oxygen atoms in total. The SMILES string of the molecule is CNCC(=O)NC1CC(C)(C)C1. The third-order valence-electron chi connectivity index (χ3n) is 2.30. The highest BCUT2D eigenvalue weighted by molar-refractivity contribution is 5.78. The molecule has 0 aliphatic heterocycles. The number of hydrogen-bond acceptors (Lipinski definition) is 2. The molecule has 0 aromatic carbocycles. The van der Waals surface area contributed by atoms with Crippen LogP contribution < -0.4 is 10.6 Å². The predicted molar refractivity (Wildman–Crippen MR) is 48.9 cm³/mol. The summed E-state index contributed by atoms with van der Waals surface area (Å²) in [6.07, 6.45) is 2.23. The van der Waals surface area contributed by atoms with E-state index >= 15 is 0 Å². The van der Waals surface area contributed by atoms with E-state index in [2.05, 4.69) is 24.5 Å². The first-order valence-electron chi connectivity index (χ1n) is 4.47. The Balaban J connectivity index is 2.14. The Bertz CT molecular complexity index is 169. The maximum Gasteiger partial charge on any atom is 0.234 e. The monoisotopic (exact) mass is 170 g/mol. The summed E-state index contributed by atoms with van der Waals surface area (Å²) in [5, 5.41) is 5.80. The Morgan fingerprint density at radius 3 is 2.50 bits per heavy atom. The minimum atomic E-state index is 0.109. The van der Waals surface area contributed by atoms with E-state index in [0.717, 1.165) is 12.8 Å². The van der Waals surface area contributed by atoms with Crippen LogP contribution in [-0.4, -0.2) is 25.5 Å². The molecule has 70 valence electrons. The second-order valence-electron chi connectivity index (χ2n) is 4.37. The molecule has 1 aliphatic carbocycles. The van der Waals surface area contributed by atoms with Gasteiger partial charge in [0.1, 0.15) is 0 Å². The van der Waals surface area contributed by atoms with Gasteiger partial charge in [0, 0.05) is 6.04 Å². The third-order valence-corrected chi connectivity index (χ3v) is 2.30. The fourth-order valence-corrected chi connectivity index (χ4v) is 1.82. The zero-order chi connectivity index (χ0) is 9.19. The summed E-state index contributed by atoms with van der Waals surface area (Å²) in [4.78, 5) is 11.1. The topological polar surface area (TPSA) is 41.1 Å². The number of hydrogen-bond donors (Lipinski definition) is 2. The Morgan fingerprint density at radius 2 is 2.08 bits per heavy atom. The van der Waals surface area contributed by atoms with Crippen molar-refractivity contribution in [3.05, 3.63) is 0 Å². The molecular weight excluding hydrogens is 152 g/mol. The lowest BCUT2D eigenvalue weighted by Crippen LogP contribution is -2.50. The number of amides is 1. The van der Waals surface area contributed by atoms with Crippen LogP contribution in [-0.2, 0) is 4.79 Å². The molecule has 0 spiro atoms. The van der Waals surface area contributed by atoms with Crippen LogP contribution in [0.2, 0.25) is 0 Å². The van der Waals surface area contributed by atoms with Gasteiger partial charge in [-0.1, -0.05) is 13.8 Å². The van der Waals surface area contributed by atoms with E-state index in [1.165, 1.54) is 0 Å². The van der Waals surface area contributed by atoms with Gasteiger partial charge in [0.15, 0.2) is 0 Å². The molecule has 0 bridgehead atoms. The zero-order valence-electron chi connectivity index (χ0n) is 8.11. The average molecular weight is 170 g/mol. The summed E-state index contributed by atoms with van der Waals surface area (Å²) in [5.41, 5.74) is 0.442. The lowest BCUT2D eigenvalue weighted by molar-refractivity contribution is -0.122. The molecule has 0 saturated heterocycles. The predicted octanol–water partition coefficient (Wildman–Crippen LogP) is 0.511. The van der Waals surface area contributed by atoms with Gasteiger partial charge in [-0.05, 0) is 25.3 Å². The van der Waals surface area contributed by atoms with E-state index in [-0.39, 0.29) is 5.91 Å².